The molecule has 1 aromatic carbocycles. The van der Waals surface area contributed by atoms with Crippen LogP contribution in [0.3, 0.4) is 0 Å². The fourth-order valence-electron chi connectivity index (χ4n) is 4.43. The molecule has 0 bridgehead atoms. The molecule has 2 saturated heterocycles. The lowest BCUT2D eigenvalue weighted by molar-refractivity contribution is -0.135. The Kier molecular flexibility index (Phi) is 6.47. The highest BCUT2D eigenvalue weighted by atomic mass is 19.1. The van der Waals surface area contributed by atoms with E-state index in [1.54, 1.807) is 12.1 Å². The molecule has 2 atom stereocenters. The number of halogens is 1. The number of Topliss-reactive ketones (excluding diaryl/α,β-unsaturated/α-hetero) is 1. The Balaban J connectivity index is 1.62. The van der Waals surface area contributed by atoms with Crippen LogP contribution in [0.15, 0.2) is 24.3 Å². The first-order valence-corrected chi connectivity index (χ1v) is 10.3. The molecule has 152 valence electrons. The van der Waals surface area contributed by atoms with Gasteiger partial charge in [0.15, 0.2) is 0 Å². The summed E-state index contributed by atoms with van der Waals surface area (Å²) < 4.78 is 13.2. The summed E-state index contributed by atoms with van der Waals surface area (Å²) in [7, 11) is 0. The second kappa shape index (κ2) is 8.84. The third-order valence-corrected chi connectivity index (χ3v) is 6.09. The summed E-state index contributed by atoms with van der Waals surface area (Å²) in [6.45, 7) is 3.08. The molecule has 6 heteroatoms. The summed E-state index contributed by atoms with van der Waals surface area (Å²) in [5.74, 6) is -0.0468. The molecule has 2 aliphatic heterocycles. The van der Waals surface area contributed by atoms with Gasteiger partial charge in [-0.1, -0.05) is 19.1 Å². The van der Waals surface area contributed by atoms with E-state index in [1.165, 1.54) is 12.1 Å². The second-order valence-corrected chi connectivity index (χ2v) is 8.13. The molecule has 0 spiro atoms. The smallest absolute Gasteiger partial charge is 0.222 e. The lowest BCUT2D eigenvalue weighted by Crippen LogP contribution is -2.46. The number of hydrogen-bond donors (Lipinski definition) is 1. The first-order valence-electron chi connectivity index (χ1n) is 10.3. The minimum absolute atomic E-state index is 0.00106. The van der Waals surface area contributed by atoms with Gasteiger partial charge in [0.25, 0.3) is 0 Å². The molecule has 2 aliphatic rings. The number of nitrogens with one attached hydrogen (secondary N) is 1. The maximum Gasteiger partial charge on any atom is 0.222 e. The zero-order valence-electron chi connectivity index (χ0n) is 16.5. The van der Waals surface area contributed by atoms with Crippen molar-refractivity contribution in [1.82, 2.24) is 10.2 Å². The number of carbonyl (C=O) groups is 3. The standard InChI is InChI=1S/C22H29FN2O3/c1-2-19(26)17-4-3-13-25(15-17)21(28)10-12-22(11-9-20(27)24-22)14-16-5-7-18(23)8-6-16/h5-8,17H,2-4,9-15H2,1H3,(H,24,27). The van der Waals surface area contributed by atoms with Gasteiger partial charge in [0.2, 0.25) is 11.8 Å². The minimum Gasteiger partial charge on any atom is -0.350 e. The lowest BCUT2D eigenvalue weighted by Gasteiger charge is -2.34. The zero-order chi connectivity index (χ0) is 20.1. The molecule has 2 unspecified atom stereocenters. The third kappa shape index (κ3) is 4.97. The van der Waals surface area contributed by atoms with E-state index in [0.29, 0.717) is 51.6 Å². The van der Waals surface area contributed by atoms with E-state index in [9.17, 15) is 18.8 Å². The van der Waals surface area contributed by atoms with Crippen molar-refractivity contribution in [3.8, 4) is 0 Å². The van der Waals surface area contributed by atoms with Crippen LogP contribution in [0.25, 0.3) is 0 Å². The summed E-state index contributed by atoms with van der Waals surface area (Å²) >= 11 is 0. The highest BCUT2D eigenvalue weighted by molar-refractivity contribution is 5.83. The van der Waals surface area contributed by atoms with Gasteiger partial charge in [0.1, 0.15) is 11.6 Å². The van der Waals surface area contributed by atoms with Gasteiger partial charge in [-0.05, 0) is 49.8 Å². The van der Waals surface area contributed by atoms with Gasteiger partial charge in [-0.3, -0.25) is 14.4 Å². The van der Waals surface area contributed by atoms with E-state index in [2.05, 4.69) is 5.32 Å². The van der Waals surface area contributed by atoms with E-state index < -0.39 is 5.54 Å². The topological polar surface area (TPSA) is 66.5 Å². The van der Waals surface area contributed by atoms with Crippen molar-refractivity contribution in [3.63, 3.8) is 0 Å². The average Bonchev–Trinajstić information content (AvgIpc) is 3.08. The van der Waals surface area contributed by atoms with Crippen LogP contribution in [0, 0.1) is 11.7 Å². The van der Waals surface area contributed by atoms with Crippen molar-refractivity contribution in [2.24, 2.45) is 5.92 Å². The maximum absolute atomic E-state index is 13.2. The molecule has 0 aromatic heterocycles. The SMILES string of the molecule is CCC(=O)C1CCCN(C(=O)CCC2(Cc3ccc(F)cc3)CCC(=O)N2)C1. The monoisotopic (exact) mass is 388 g/mol. The molecule has 1 aromatic rings. The fourth-order valence-corrected chi connectivity index (χ4v) is 4.43. The molecule has 5 nitrogen and oxygen atoms in total. The number of nitrogens with zero attached hydrogens (tertiary/aromatic N) is 1. The minimum atomic E-state index is -0.459. The highest BCUT2D eigenvalue weighted by Crippen LogP contribution is 2.30. The molecular formula is C22H29FN2O3. The van der Waals surface area contributed by atoms with E-state index in [1.807, 2.05) is 11.8 Å². The van der Waals surface area contributed by atoms with Gasteiger partial charge < -0.3 is 10.2 Å². The molecule has 28 heavy (non-hydrogen) atoms. The Morgan fingerprint density at radius 2 is 2.04 bits per heavy atom. The predicted molar refractivity (Wildman–Crippen MR) is 104 cm³/mol. The number of amides is 2. The van der Waals surface area contributed by atoms with E-state index in [4.69, 9.17) is 0 Å². The number of carbonyl (C=O) groups excluding carboxylic acids is 3. The summed E-state index contributed by atoms with van der Waals surface area (Å²) in [6, 6.07) is 6.30. The van der Waals surface area contributed by atoms with Crippen LogP contribution < -0.4 is 5.32 Å². The number of hydrogen-bond acceptors (Lipinski definition) is 3. The van der Waals surface area contributed by atoms with E-state index in [-0.39, 0.29) is 29.3 Å². The van der Waals surface area contributed by atoms with Crippen molar-refractivity contribution >= 4 is 17.6 Å². The van der Waals surface area contributed by atoms with Crippen molar-refractivity contribution in [2.75, 3.05) is 13.1 Å². The number of piperidine rings is 1. The van der Waals surface area contributed by atoms with Crippen molar-refractivity contribution in [1.29, 1.82) is 0 Å². The summed E-state index contributed by atoms with van der Waals surface area (Å²) in [5.41, 5.74) is 0.488. The quantitative estimate of drug-likeness (QED) is 0.781. The average molecular weight is 388 g/mol. The molecule has 2 fully saturated rings. The van der Waals surface area contributed by atoms with Crippen molar-refractivity contribution < 1.29 is 18.8 Å². The van der Waals surface area contributed by atoms with Gasteiger partial charge >= 0.3 is 0 Å². The Hall–Kier alpha value is -2.24. The third-order valence-electron chi connectivity index (χ3n) is 6.09. The van der Waals surface area contributed by atoms with Crippen LogP contribution in [-0.4, -0.2) is 41.1 Å². The lowest BCUT2D eigenvalue weighted by atomic mass is 9.84. The second-order valence-electron chi connectivity index (χ2n) is 8.13. The molecule has 3 rings (SSSR count). The van der Waals surface area contributed by atoms with E-state index >= 15 is 0 Å². The zero-order valence-corrected chi connectivity index (χ0v) is 16.5. The van der Waals surface area contributed by atoms with Gasteiger partial charge in [0, 0.05) is 43.8 Å². The van der Waals surface area contributed by atoms with Crippen LogP contribution in [0.2, 0.25) is 0 Å². The maximum atomic E-state index is 13.2. The normalized spacial score (nSPS) is 24.9. The predicted octanol–water partition coefficient (Wildman–Crippen LogP) is 3.01. The molecule has 0 saturated carbocycles. The Morgan fingerprint density at radius 3 is 2.68 bits per heavy atom. The molecule has 0 aliphatic carbocycles. The number of rotatable bonds is 7. The van der Waals surface area contributed by atoms with Gasteiger partial charge in [0.05, 0.1) is 0 Å². The van der Waals surface area contributed by atoms with Gasteiger partial charge in [-0.15, -0.1) is 0 Å². The molecule has 2 heterocycles. The van der Waals surface area contributed by atoms with Crippen LogP contribution in [0.4, 0.5) is 4.39 Å². The number of benzene rings is 1. The molecular weight excluding hydrogens is 359 g/mol. The van der Waals surface area contributed by atoms with Crippen molar-refractivity contribution in [2.45, 2.75) is 63.8 Å². The van der Waals surface area contributed by atoms with Crippen LogP contribution in [-0.2, 0) is 20.8 Å². The molecule has 0 radical (unpaired) electrons. The summed E-state index contributed by atoms with van der Waals surface area (Å²) in [5, 5.41) is 3.07. The first kappa shape index (κ1) is 20.5. The molecule has 1 N–H and O–H groups in total. The Labute approximate surface area is 165 Å². The van der Waals surface area contributed by atoms with Gasteiger partial charge in [-0.2, -0.15) is 0 Å². The summed E-state index contributed by atoms with van der Waals surface area (Å²) in [4.78, 5) is 38.5. The number of ketones is 1. The Morgan fingerprint density at radius 1 is 1.29 bits per heavy atom. The van der Waals surface area contributed by atoms with E-state index in [0.717, 1.165) is 18.4 Å². The van der Waals surface area contributed by atoms with Gasteiger partial charge in [-0.25, -0.2) is 4.39 Å². The fraction of sp³-hybridized carbons (Fsp3) is 0.591. The number of likely N-dealkylation sites (tertiary alicyclic amines) is 1. The van der Waals surface area contributed by atoms with Crippen LogP contribution in [0.1, 0.15) is 57.4 Å². The highest BCUT2D eigenvalue weighted by Gasteiger charge is 2.38. The van der Waals surface area contributed by atoms with Crippen molar-refractivity contribution in [3.05, 3.63) is 35.6 Å². The molecule has 2 amide bonds. The Bertz CT molecular complexity index is 734. The first-order chi connectivity index (χ1) is 13.4. The van der Waals surface area contributed by atoms with Crippen LogP contribution >= 0.6 is 0 Å². The van der Waals surface area contributed by atoms with Crippen LogP contribution in [0.5, 0.6) is 0 Å². The summed E-state index contributed by atoms with van der Waals surface area (Å²) in [6.07, 6.45) is 4.84. The largest absolute Gasteiger partial charge is 0.350 e.